The van der Waals surface area contributed by atoms with Crippen molar-refractivity contribution in [3.8, 4) is 0 Å². The smallest absolute Gasteiger partial charge is 0.0922 e. The summed E-state index contributed by atoms with van der Waals surface area (Å²) < 4.78 is 5.49. The quantitative estimate of drug-likeness (QED) is 0.798. The number of aromatic nitrogens is 2. The van der Waals surface area contributed by atoms with Crippen LogP contribution in [0, 0.1) is 0 Å². The first kappa shape index (κ1) is 8.97. The topological polar surface area (TPSA) is 37.9 Å². The second-order valence-electron chi connectivity index (χ2n) is 3.06. The molecule has 1 aromatic carbocycles. The highest BCUT2D eigenvalue weighted by molar-refractivity contribution is 5.13. The van der Waals surface area contributed by atoms with Gasteiger partial charge in [0, 0.05) is 0 Å². The predicted molar refractivity (Wildman–Crippen MR) is 53.5 cm³/mol. The number of H-pyrrole nitrogens is 1. The second kappa shape index (κ2) is 4.58. The first-order valence-electron chi connectivity index (χ1n) is 4.54. The zero-order valence-electron chi connectivity index (χ0n) is 7.81. The molecule has 0 saturated carbocycles. The van der Waals surface area contributed by atoms with Gasteiger partial charge in [-0.15, -0.1) is 0 Å². The molecule has 2 rings (SSSR count). The third-order valence-corrected chi connectivity index (χ3v) is 1.92. The predicted octanol–water partition coefficient (Wildman–Crippen LogP) is 2.13. The summed E-state index contributed by atoms with van der Waals surface area (Å²) in [5, 5.41) is 0. The molecule has 1 heterocycles. The molecule has 0 fully saturated rings. The number of nitrogens with one attached hydrogen (secondary N) is 1. The largest absolute Gasteiger partial charge is 0.371 e. The summed E-state index contributed by atoms with van der Waals surface area (Å²) in [6.07, 6.45) is 3.42. The Morgan fingerprint density at radius 2 is 2.00 bits per heavy atom. The minimum absolute atomic E-state index is 0.578. The van der Waals surface area contributed by atoms with Crippen molar-refractivity contribution in [3.05, 3.63) is 54.1 Å². The van der Waals surface area contributed by atoms with Crippen molar-refractivity contribution in [2.45, 2.75) is 13.2 Å². The zero-order valence-corrected chi connectivity index (χ0v) is 7.81. The van der Waals surface area contributed by atoms with E-state index < -0.39 is 0 Å². The van der Waals surface area contributed by atoms with E-state index in [0.717, 1.165) is 5.69 Å². The van der Waals surface area contributed by atoms with Crippen molar-refractivity contribution < 1.29 is 4.74 Å². The molecular weight excluding hydrogens is 176 g/mol. The number of rotatable bonds is 4. The van der Waals surface area contributed by atoms with Crippen LogP contribution in [0.5, 0.6) is 0 Å². The van der Waals surface area contributed by atoms with Gasteiger partial charge in [0.05, 0.1) is 31.4 Å². The lowest BCUT2D eigenvalue weighted by Gasteiger charge is -2.01. The molecular formula is C11H12N2O. The average molecular weight is 188 g/mol. The summed E-state index contributed by atoms with van der Waals surface area (Å²) in [4.78, 5) is 6.90. The van der Waals surface area contributed by atoms with Gasteiger partial charge in [0.15, 0.2) is 0 Å². The maximum atomic E-state index is 5.49. The highest BCUT2D eigenvalue weighted by Gasteiger charge is 1.94. The Bertz CT molecular complexity index is 356. The molecule has 0 saturated heterocycles. The van der Waals surface area contributed by atoms with Crippen LogP contribution in [-0.4, -0.2) is 9.97 Å². The zero-order chi connectivity index (χ0) is 9.64. The van der Waals surface area contributed by atoms with E-state index in [4.69, 9.17) is 4.74 Å². The lowest BCUT2D eigenvalue weighted by atomic mass is 10.2. The van der Waals surface area contributed by atoms with Crippen LogP contribution in [0.1, 0.15) is 11.3 Å². The number of hydrogen-bond donors (Lipinski definition) is 1. The summed E-state index contributed by atoms with van der Waals surface area (Å²) in [5.41, 5.74) is 2.19. The standard InChI is InChI=1S/C11H12N2O/c1-2-4-10(5-3-1)7-14-8-11-6-12-9-13-11/h1-6,9H,7-8H2,(H,12,13). The van der Waals surface area contributed by atoms with Crippen LogP contribution in [0.3, 0.4) is 0 Å². The Kier molecular flexibility index (Phi) is 2.93. The SMILES string of the molecule is c1ccc(COCc2cnc[nH]2)cc1. The van der Waals surface area contributed by atoms with Crippen molar-refractivity contribution >= 4 is 0 Å². The minimum Gasteiger partial charge on any atom is -0.371 e. The number of hydrogen-bond acceptors (Lipinski definition) is 2. The Balaban J connectivity index is 1.79. The fourth-order valence-electron chi connectivity index (χ4n) is 1.22. The van der Waals surface area contributed by atoms with Crippen molar-refractivity contribution in [3.63, 3.8) is 0 Å². The van der Waals surface area contributed by atoms with Gasteiger partial charge in [-0.05, 0) is 5.56 Å². The molecule has 0 unspecified atom stereocenters. The molecule has 3 nitrogen and oxygen atoms in total. The first-order chi connectivity index (χ1) is 6.95. The Morgan fingerprint density at radius 3 is 2.71 bits per heavy atom. The molecule has 0 aliphatic carbocycles. The van der Waals surface area contributed by atoms with Gasteiger partial charge in [-0.1, -0.05) is 30.3 Å². The van der Waals surface area contributed by atoms with Gasteiger partial charge in [-0.3, -0.25) is 0 Å². The number of aromatic amines is 1. The summed E-state index contributed by atoms with van der Waals surface area (Å²) in [6.45, 7) is 1.22. The third-order valence-electron chi connectivity index (χ3n) is 1.92. The number of nitrogens with zero attached hydrogens (tertiary/aromatic N) is 1. The van der Waals surface area contributed by atoms with Crippen LogP contribution < -0.4 is 0 Å². The molecule has 2 aromatic rings. The number of benzene rings is 1. The van der Waals surface area contributed by atoms with Gasteiger partial charge in [0.25, 0.3) is 0 Å². The molecule has 1 aromatic heterocycles. The molecule has 0 bridgehead atoms. The second-order valence-corrected chi connectivity index (χ2v) is 3.06. The number of ether oxygens (including phenoxy) is 1. The first-order valence-corrected chi connectivity index (χ1v) is 4.54. The molecule has 72 valence electrons. The van der Waals surface area contributed by atoms with Crippen molar-refractivity contribution in [1.82, 2.24) is 9.97 Å². The van der Waals surface area contributed by atoms with Gasteiger partial charge < -0.3 is 9.72 Å². The van der Waals surface area contributed by atoms with E-state index in [1.165, 1.54) is 5.56 Å². The van der Waals surface area contributed by atoms with Crippen LogP contribution >= 0.6 is 0 Å². The van der Waals surface area contributed by atoms with Crippen LogP contribution in [0.25, 0.3) is 0 Å². The van der Waals surface area contributed by atoms with Crippen molar-refractivity contribution in [1.29, 1.82) is 0 Å². The summed E-state index contributed by atoms with van der Waals surface area (Å²) >= 11 is 0. The maximum absolute atomic E-state index is 5.49. The molecule has 0 spiro atoms. The van der Waals surface area contributed by atoms with Crippen LogP contribution in [0.2, 0.25) is 0 Å². The van der Waals surface area contributed by atoms with E-state index in [0.29, 0.717) is 13.2 Å². The van der Waals surface area contributed by atoms with Crippen LogP contribution in [-0.2, 0) is 18.0 Å². The van der Waals surface area contributed by atoms with Crippen molar-refractivity contribution in [2.24, 2.45) is 0 Å². The molecule has 0 radical (unpaired) electrons. The Hall–Kier alpha value is -1.61. The minimum atomic E-state index is 0.578. The molecule has 0 atom stereocenters. The molecule has 1 N–H and O–H groups in total. The lowest BCUT2D eigenvalue weighted by molar-refractivity contribution is 0.105. The molecule has 3 heteroatoms. The third kappa shape index (κ3) is 2.44. The van der Waals surface area contributed by atoms with Gasteiger partial charge in [-0.25, -0.2) is 4.98 Å². The van der Waals surface area contributed by atoms with Gasteiger partial charge in [0.2, 0.25) is 0 Å². The van der Waals surface area contributed by atoms with Gasteiger partial charge in [0.1, 0.15) is 0 Å². The average Bonchev–Trinajstić information content (AvgIpc) is 2.72. The summed E-state index contributed by atoms with van der Waals surface area (Å²) in [5.74, 6) is 0. The van der Waals surface area contributed by atoms with E-state index >= 15 is 0 Å². The molecule has 0 aliphatic heterocycles. The fourth-order valence-corrected chi connectivity index (χ4v) is 1.22. The lowest BCUT2D eigenvalue weighted by Crippen LogP contribution is -1.93. The number of imidazole rings is 1. The van der Waals surface area contributed by atoms with E-state index in [-0.39, 0.29) is 0 Å². The fraction of sp³-hybridized carbons (Fsp3) is 0.182. The van der Waals surface area contributed by atoms with Gasteiger partial charge >= 0.3 is 0 Å². The normalized spacial score (nSPS) is 10.3. The van der Waals surface area contributed by atoms with Crippen LogP contribution in [0.4, 0.5) is 0 Å². The highest BCUT2D eigenvalue weighted by atomic mass is 16.5. The molecule has 0 aliphatic rings. The Morgan fingerprint density at radius 1 is 1.14 bits per heavy atom. The van der Waals surface area contributed by atoms with Gasteiger partial charge in [-0.2, -0.15) is 0 Å². The van der Waals surface area contributed by atoms with Crippen molar-refractivity contribution in [2.75, 3.05) is 0 Å². The van der Waals surface area contributed by atoms with Crippen LogP contribution in [0.15, 0.2) is 42.9 Å². The molecule has 14 heavy (non-hydrogen) atoms. The van der Waals surface area contributed by atoms with E-state index in [2.05, 4.69) is 9.97 Å². The van der Waals surface area contributed by atoms with E-state index in [1.807, 2.05) is 30.3 Å². The summed E-state index contributed by atoms with van der Waals surface area (Å²) in [6, 6.07) is 10.1. The maximum Gasteiger partial charge on any atom is 0.0922 e. The highest BCUT2D eigenvalue weighted by Crippen LogP contribution is 2.02. The summed E-state index contributed by atoms with van der Waals surface area (Å²) in [7, 11) is 0. The Labute approximate surface area is 82.8 Å². The van der Waals surface area contributed by atoms with E-state index in [1.54, 1.807) is 12.5 Å². The van der Waals surface area contributed by atoms with E-state index in [9.17, 15) is 0 Å². The monoisotopic (exact) mass is 188 g/mol. The molecule has 0 amide bonds.